The van der Waals surface area contributed by atoms with Gasteiger partial charge in [-0.3, -0.25) is 0 Å². The van der Waals surface area contributed by atoms with Crippen LogP contribution in [0, 0.1) is 0 Å². The molecule has 0 aliphatic rings. The van der Waals surface area contributed by atoms with Crippen LogP contribution in [0.4, 0.5) is 17.2 Å². The first kappa shape index (κ1) is 13.2. The molecule has 0 aliphatic carbocycles. The summed E-state index contributed by atoms with van der Waals surface area (Å²) >= 11 is 4.98. The molecule has 2 rings (SSSR count). The van der Waals surface area contributed by atoms with Crippen LogP contribution in [0.1, 0.15) is 5.69 Å². The highest BCUT2D eigenvalue weighted by Crippen LogP contribution is 2.27. The van der Waals surface area contributed by atoms with Gasteiger partial charge in [0.15, 0.2) is 5.82 Å². The average molecular weight is 273 g/mol. The van der Waals surface area contributed by atoms with Crippen molar-refractivity contribution in [3.8, 4) is 0 Å². The normalized spacial score (nSPS) is 10.0. The SMILES string of the molecule is CN(C)c1ccccc1Nc1nccnc1C(N)=S. The van der Waals surface area contributed by atoms with Crippen LogP contribution in [0.5, 0.6) is 0 Å². The Morgan fingerprint density at radius 3 is 2.58 bits per heavy atom. The van der Waals surface area contributed by atoms with E-state index in [9.17, 15) is 0 Å². The Hall–Kier alpha value is -2.21. The van der Waals surface area contributed by atoms with Crippen LogP contribution in [-0.4, -0.2) is 29.1 Å². The summed E-state index contributed by atoms with van der Waals surface area (Å²) in [5.74, 6) is 0.560. The summed E-state index contributed by atoms with van der Waals surface area (Å²) < 4.78 is 0. The summed E-state index contributed by atoms with van der Waals surface area (Å²) in [5, 5.41) is 3.22. The van der Waals surface area contributed by atoms with Crippen LogP contribution in [0.3, 0.4) is 0 Å². The van der Waals surface area contributed by atoms with Crippen molar-refractivity contribution in [2.24, 2.45) is 5.73 Å². The van der Waals surface area contributed by atoms with Crippen molar-refractivity contribution in [3.05, 3.63) is 42.4 Å². The second-order valence-electron chi connectivity index (χ2n) is 4.15. The van der Waals surface area contributed by atoms with Crippen molar-refractivity contribution in [2.45, 2.75) is 0 Å². The first-order valence-corrected chi connectivity index (χ1v) is 6.14. The van der Waals surface area contributed by atoms with Crippen LogP contribution < -0.4 is 16.0 Å². The molecular formula is C13H15N5S. The molecule has 19 heavy (non-hydrogen) atoms. The van der Waals surface area contributed by atoms with Gasteiger partial charge in [0.25, 0.3) is 0 Å². The summed E-state index contributed by atoms with van der Waals surface area (Å²) in [6.45, 7) is 0. The zero-order valence-electron chi connectivity index (χ0n) is 10.8. The smallest absolute Gasteiger partial charge is 0.159 e. The first-order valence-electron chi connectivity index (χ1n) is 5.74. The number of thiocarbonyl (C=S) groups is 1. The summed E-state index contributed by atoms with van der Waals surface area (Å²) in [6.07, 6.45) is 3.17. The number of nitrogens with one attached hydrogen (secondary N) is 1. The van der Waals surface area contributed by atoms with Crippen molar-refractivity contribution in [1.82, 2.24) is 9.97 Å². The van der Waals surface area contributed by atoms with Gasteiger partial charge < -0.3 is 16.0 Å². The largest absolute Gasteiger partial charge is 0.388 e. The molecule has 0 saturated heterocycles. The molecule has 0 bridgehead atoms. The number of hydrogen-bond acceptors (Lipinski definition) is 5. The zero-order chi connectivity index (χ0) is 13.8. The minimum Gasteiger partial charge on any atom is -0.388 e. The highest BCUT2D eigenvalue weighted by atomic mass is 32.1. The van der Waals surface area contributed by atoms with E-state index < -0.39 is 0 Å². The van der Waals surface area contributed by atoms with Crippen molar-refractivity contribution in [2.75, 3.05) is 24.3 Å². The van der Waals surface area contributed by atoms with Crippen LogP contribution in [0.2, 0.25) is 0 Å². The van der Waals surface area contributed by atoms with E-state index in [-0.39, 0.29) is 4.99 Å². The van der Waals surface area contributed by atoms with Crippen molar-refractivity contribution >= 4 is 34.4 Å². The summed E-state index contributed by atoms with van der Waals surface area (Å²) in [6, 6.07) is 7.91. The van der Waals surface area contributed by atoms with Gasteiger partial charge in [-0.2, -0.15) is 0 Å². The Labute approximate surface area is 117 Å². The predicted octanol–water partition coefficient (Wildman–Crippen LogP) is 1.92. The monoisotopic (exact) mass is 273 g/mol. The third-order valence-electron chi connectivity index (χ3n) is 2.57. The maximum atomic E-state index is 5.64. The number of rotatable bonds is 4. The number of para-hydroxylation sites is 2. The van der Waals surface area contributed by atoms with Crippen LogP contribution in [0.25, 0.3) is 0 Å². The van der Waals surface area contributed by atoms with E-state index in [2.05, 4.69) is 15.3 Å². The van der Waals surface area contributed by atoms with E-state index in [1.165, 1.54) is 0 Å². The molecule has 98 valence electrons. The maximum Gasteiger partial charge on any atom is 0.159 e. The molecule has 0 radical (unpaired) electrons. The van der Waals surface area contributed by atoms with Crippen molar-refractivity contribution in [1.29, 1.82) is 0 Å². The van der Waals surface area contributed by atoms with E-state index >= 15 is 0 Å². The van der Waals surface area contributed by atoms with Gasteiger partial charge >= 0.3 is 0 Å². The highest BCUT2D eigenvalue weighted by Gasteiger charge is 2.10. The highest BCUT2D eigenvalue weighted by molar-refractivity contribution is 7.80. The molecule has 3 N–H and O–H groups in total. The van der Waals surface area contributed by atoms with Gasteiger partial charge in [0.2, 0.25) is 0 Å². The minimum absolute atomic E-state index is 0.220. The fraction of sp³-hybridized carbons (Fsp3) is 0.154. The molecule has 0 amide bonds. The molecule has 5 nitrogen and oxygen atoms in total. The fourth-order valence-corrected chi connectivity index (χ4v) is 1.86. The van der Waals surface area contributed by atoms with Crippen LogP contribution in [0.15, 0.2) is 36.7 Å². The molecule has 0 saturated carbocycles. The number of anilines is 3. The van der Waals surface area contributed by atoms with Gasteiger partial charge in [-0.1, -0.05) is 24.4 Å². The lowest BCUT2D eigenvalue weighted by atomic mass is 10.2. The molecular weight excluding hydrogens is 258 g/mol. The first-order chi connectivity index (χ1) is 9.09. The average Bonchev–Trinajstić information content (AvgIpc) is 2.39. The van der Waals surface area contributed by atoms with E-state index in [0.29, 0.717) is 11.5 Å². The second-order valence-corrected chi connectivity index (χ2v) is 4.59. The number of nitrogens with zero attached hydrogens (tertiary/aromatic N) is 3. The predicted molar refractivity (Wildman–Crippen MR) is 82.0 cm³/mol. The molecule has 1 heterocycles. The third-order valence-corrected chi connectivity index (χ3v) is 2.76. The Morgan fingerprint density at radius 1 is 1.21 bits per heavy atom. The number of nitrogens with two attached hydrogens (primary N) is 1. The standard InChI is InChI=1S/C13H15N5S/c1-18(2)10-6-4-3-5-9(10)17-13-11(12(14)19)15-7-8-16-13/h3-8H,1-2H3,(H2,14,19)(H,16,17). The Morgan fingerprint density at radius 2 is 1.89 bits per heavy atom. The lowest BCUT2D eigenvalue weighted by molar-refractivity contribution is 1.13. The Bertz CT molecular complexity index is 597. The maximum absolute atomic E-state index is 5.64. The molecule has 0 unspecified atom stereocenters. The molecule has 0 fully saturated rings. The summed E-state index contributed by atoms with van der Waals surface area (Å²) in [4.78, 5) is 10.6. The third kappa shape index (κ3) is 2.97. The fourth-order valence-electron chi connectivity index (χ4n) is 1.71. The zero-order valence-corrected chi connectivity index (χ0v) is 11.6. The molecule has 0 atom stereocenters. The van der Waals surface area contributed by atoms with Gasteiger partial charge in [-0.25, -0.2) is 9.97 Å². The van der Waals surface area contributed by atoms with E-state index in [0.717, 1.165) is 11.4 Å². The van der Waals surface area contributed by atoms with E-state index in [4.69, 9.17) is 18.0 Å². The van der Waals surface area contributed by atoms with Gasteiger partial charge in [0.05, 0.1) is 11.4 Å². The second kappa shape index (κ2) is 5.62. The topological polar surface area (TPSA) is 67.1 Å². The number of benzene rings is 1. The molecule has 1 aromatic heterocycles. The molecule has 0 aliphatic heterocycles. The minimum atomic E-state index is 0.220. The lowest BCUT2D eigenvalue weighted by Crippen LogP contribution is -2.16. The molecule has 1 aromatic carbocycles. The lowest BCUT2D eigenvalue weighted by Gasteiger charge is -2.18. The summed E-state index contributed by atoms with van der Waals surface area (Å²) in [7, 11) is 3.96. The number of aromatic nitrogens is 2. The van der Waals surface area contributed by atoms with Crippen LogP contribution in [-0.2, 0) is 0 Å². The molecule has 6 heteroatoms. The van der Waals surface area contributed by atoms with Gasteiger partial charge in [-0.15, -0.1) is 0 Å². The van der Waals surface area contributed by atoms with Crippen molar-refractivity contribution in [3.63, 3.8) is 0 Å². The quantitative estimate of drug-likeness (QED) is 0.830. The van der Waals surface area contributed by atoms with Gasteiger partial charge in [-0.05, 0) is 12.1 Å². The van der Waals surface area contributed by atoms with Crippen molar-refractivity contribution < 1.29 is 0 Å². The summed E-state index contributed by atoms with van der Waals surface area (Å²) in [5.41, 5.74) is 8.10. The molecule has 2 aromatic rings. The van der Waals surface area contributed by atoms with Gasteiger partial charge in [0.1, 0.15) is 10.7 Å². The van der Waals surface area contributed by atoms with E-state index in [1.807, 2.05) is 43.3 Å². The Balaban J connectivity index is 2.39. The van der Waals surface area contributed by atoms with Gasteiger partial charge in [0, 0.05) is 26.5 Å². The van der Waals surface area contributed by atoms with Crippen LogP contribution >= 0.6 is 12.2 Å². The number of hydrogen-bond donors (Lipinski definition) is 2. The van der Waals surface area contributed by atoms with E-state index in [1.54, 1.807) is 12.4 Å². The Kier molecular flexibility index (Phi) is 3.91. The molecule has 0 spiro atoms.